The molecule has 0 bridgehead atoms. The number of aromatic amines is 1. The van der Waals surface area contributed by atoms with Crippen molar-refractivity contribution in [1.82, 2.24) is 9.88 Å². The Hall–Kier alpha value is -2.14. The van der Waals surface area contributed by atoms with Crippen LogP contribution in [0.15, 0.2) is 29.1 Å². The van der Waals surface area contributed by atoms with Crippen molar-refractivity contribution >= 4 is 16.7 Å². The van der Waals surface area contributed by atoms with Crippen LogP contribution in [0.1, 0.15) is 29.6 Å². The summed E-state index contributed by atoms with van der Waals surface area (Å²) in [7, 11) is 0. The number of phenols is 1. The molecule has 1 aliphatic heterocycles. The predicted molar refractivity (Wildman–Crippen MR) is 80.9 cm³/mol. The van der Waals surface area contributed by atoms with Crippen molar-refractivity contribution in [2.75, 3.05) is 19.6 Å². The zero-order valence-corrected chi connectivity index (χ0v) is 11.8. The Morgan fingerprint density at radius 3 is 2.67 bits per heavy atom. The average molecular weight is 286 g/mol. The number of likely N-dealkylation sites (tertiary alicyclic amines) is 1. The molecule has 3 rings (SSSR count). The van der Waals surface area contributed by atoms with Gasteiger partial charge in [-0.15, -0.1) is 0 Å². The number of rotatable bonds is 3. The zero-order valence-electron chi connectivity index (χ0n) is 11.8. The highest BCUT2D eigenvalue weighted by molar-refractivity contribution is 6.09. The number of phenolic OH excluding ortho intramolecular Hbond substituents is 1. The minimum atomic E-state index is -0.293. The quantitative estimate of drug-likeness (QED) is 0.845. The number of pyridine rings is 1. The highest BCUT2D eigenvalue weighted by Crippen LogP contribution is 2.25. The summed E-state index contributed by atoms with van der Waals surface area (Å²) in [5.74, 6) is 0.00571. The molecular weight excluding hydrogens is 268 g/mol. The summed E-state index contributed by atoms with van der Waals surface area (Å²) >= 11 is 0. The number of aromatic hydroxyl groups is 1. The molecule has 0 atom stereocenters. The fraction of sp³-hybridized carbons (Fsp3) is 0.375. The van der Waals surface area contributed by atoms with Crippen LogP contribution < -0.4 is 5.56 Å². The molecule has 2 aromatic rings. The van der Waals surface area contributed by atoms with Gasteiger partial charge in [-0.3, -0.25) is 14.5 Å². The normalized spacial score (nSPS) is 16.2. The van der Waals surface area contributed by atoms with Gasteiger partial charge < -0.3 is 10.1 Å². The number of carbonyl (C=O) groups excluding carboxylic acids is 1. The third kappa shape index (κ3) is 2.83. The first kappa shape index (κ1) is 13.8. The molecule has 21 heavy (non-hydrogen) atoms. The van der Waals surface area contributed by atoms with Gasteiger partial charge in [-0.1, -0.05) is 6.42 Å². The summed E-state index contributed by atoms with van der Waals surface area (Å²) in [5.41, 5.74) is 0.579. The van der Waals surface area contributed by atoms with E-state index in [1.807, 2.05) is 0 Å². The van der Waals surface area contributed by atoms with E-state index in [2.05, 4.69) is 9.88 Å². The van der Waals surface area contributed by atoms with Gasteiger partial charge in [0.1, 0.15) is 5.75 Å². The van der Waals surface area contributed by atoms with Crippen molar-refractivity contribution in [2.45, 2.75) is 19.3 Å². The number of hydrogen-bond donors (Lipinski definition) is 2. The van der Waals surface area contributed by atoms with Crippen molar-refractivity contribution in [3.63, 3.8) is 0 Å². The van der Waals surface area contributed by atoms with E-state index in [4.69, 9.17) is 0 Å². The van der Waals surface area contributed by atoms with Crippen LogP contribution in [0.25, 0.3) is 10.9 Å². The van der Waals surface area contributed by atoms with E-state index in [0.717, 1.165) is 25.9 Å². The fourth-order valence-corrected chi connectivity index (χ4v) is 2.89. The SMILES string of the molecule is O=C(CN1CCCCC1)c1ccc(O)c2[nH]c(=O)ccc12. The summed E-state index contributed by atoms with van der Waals surface area (Å²) in [4.78, 5) is 28.6. The number of carbonyl (C=O) groups is 1. The Morgan fingerprint density at radius 1 is 1.14 bits per heavy atom. The van der Waals surface area contributed by atoms with Crippen LogP contribution in [-0.4, -0.2) is 40.4 Å². The molecule has 110 valence electrons. The molecule has 0 saturated carbocycles. The maximum atomic E-state index is 12.5. The lowest BCUT2D eigenvalue weighted by Gasteiger charge is -2.25. The van der Waals surface area contributed by atoms with Gasteiger partial charge in [0, 0.05) is 17.0 Å². The molecule has 5 heteroatoms. The second kappa shape index (κ2) is 5.69. The maximum absolute atomic E-state index is 12.5. The number of nitrogens with one attached hydrogen (secondary N) is 1. The topological polar surface area (TPSA) is 73.4 Å². The van der Waals surface area contributed by atoms with Crippen LogP contribution in [0.4, 0.5) is 0 Å². The lowest BCUT2D eigenvalue weighted by atomic mass is 10.0. The van der Waals surface area contributed by atoms with Gasteiger partial charge in [-0.25, -0.2) is 0 Å². The molecular formula is C16H18N2O3. The second-order valence-electron chi connectivity index (χ2n) is 5.50. The van der Waals surface area contributed by atoms with Crippen molar-refractivity contribution in [1.29, 1.82) is 0 Å². The Bertz CT molecular complexity index is 730. The van der Waals surface area contributed by atoms with Crippen LogP contribution in [0.5, 0.6) is 5.75 Å². The van der Waals surface area contributed by atoms with Gasteiger partial charge in [0.25, 0.3) is 0 Å². The number of aromatic nitrogens is 1. The maximum Gasteiger partial charge on any atom is 0.248 e. The molecule has 1 fully saturated rings. The van der Waals surface area contributed by atoms with Crippen LogP contribution in [0.2, 0.25) is 0 Å². The fourth-order valence-electron chi connectivity index (χ4n) is 2.89. The van der Waals surface area contributed by atoms with Crippen molar-refractivity contribution < 1.29 is 9.90 Å². The standard InChI is InChI=1S/C16H18N2O3/c19-13-6-4-11(12-5-7-15(21)17-16(12)13)14(20)10-18-8-2-1-3-9-18/h4-7,19H,1-3,8-10H2,(H,17,21). The van der Waals surface area contributed by atoms with Crippen LogP contribution >= 0.6 is 0 Å². The summed E-state index contributed by atoms with van der Waals surface area (Å²) < 4.78 is 0. The number of benzene rings is 1. The van der Waals surface area contributed by atoms with E-state index in [9.17, 15) is 14.7 Å². The average Bonchev–Trinajstić information content (AvgIpc) is 2.49. The third-order valence-electron chi connectivity index (χ3n) is 3.99. The van der Waals surface area contributed by atoms with Crippen molar-refractivity contribution in [3.05, 3.63) is 40.2 Å². The van der Waals surface area contributed by atoms with Crippen molar-refractivity contribution in [3.8, 4) is 5.75 Å². The highest BCUT2D eigenvalue weighted by atomic mass is 16.3. The van der Waals surface area contributed by atoms with Gasteiger partial charge in [0.05, 0.1) is 12.1 Å². The van der Waals surface area contributed by atoms with E-state index >= 15 is 0 Å². The number of Topliss-reactive ketones (excluding diaryl/α,β-unsaturated/α-hetero) is 1. The summed E-state index contributed by atoms with van der Waals surface area (Å²) in [6, 6.07) is 6.06. The molecule has 0 aliphatic carbocycles. The van der Waals surface area contributed by atoms with Crippen LogP contribution in [0.3, 0.4) is 0 Å². The smallest absolute Gasteiger partial charge is 0.248 e. The van der Waals surface area contributed by atoms with E-state index in [-0.39, 0.29) is 17.1 Å². The number of H-pyrrole nitrogens is 1. The summed E-state index contributed by atoms with van der Waals surface area (Å²) in [5, 5.41) is 10.4. The summed E-state index contributed by atoms with van der Waals surface area (Å²) in [6.07, 6.45) is 3.50. The van der Waals surface area contributed by atoms with Crippen LogP contribution in [0, 0.1) is 0 Å². The number of nitrogens with zero attached hydrogens (tertiary/aromatic N) is 1. The van der Waals surface area contributed by atoms with E-state index < -0.39 is 0 Å². The van der Waals surface area contributed by atoms with Gasteiger partial charge in [-0.2, -0.15) is 0 Å². The molecule has 0 unspecified atom stereocenters. The first-order valence-corrected chi connectivity index (χ1v) is 7.26. The number of fused-ring (bicyclic) bond motifs is 1. The van der Waals surface area contributed by atoms with Gasteiger partial charge >= 0.3 is 0 Å². The molecule has 1 aromatic heterocycles. The van der Waals surface area contributed by atoms with Crippen LogP contribution in [-0.2, 0) is 0 Å². The molecule has 1 saturated heterocycles. The molecule has 2 N–H and O–H groups in total. The Labute approximate surface area is 122 Å². The number of piperidine rings is 1. The molecule has 2 heterocycles. The number of hydrogen-bond acceptors (Lipinski definition) is 4. The highest BCUT2D eigenvalue weighted by Gasteiger charge is 2.18. The van der Waals surface area contributed by atoms with Gasteiger partial charge in [-0.05, 0) is 44.1 Å². The predicted octanol–water partition coefficient (Wildman–Crippen LogP) is 1.90. The Morgan fingerprint density at radius 2 is 1.90 bits per heavy atom. The van der Waals surface area contributed by atoms with E-state index in [1.54, 1.807) is 12.1 Å². The first-order chi connectivity index (χ1) is 10.1. The number of ketones is 1. The third-order valence-corrected chi connectivity index (χ3v) is 3.99. The Kier molecular flexibility index (Phi) is 3.75. The van der Waals surface area contributed by atoms with E-state index in [0.29, 0.717) is 23.0 Å². The van der Waals surface area contributed by atoms with Gasteiger partial charge in [0.2, 0.25) is 5.56 Å². The van der Waals surface area contributed by atoms with Crippen molar-refractivity contribution in [2.24, 2.45) is 0 Å². The first-order valence-electron chi connectivity index (χ1n) is 7.26. The molecule has 0 spiro atoms. The molecule has 5 nitrogen and oxygen atoms in total. The minimum absolute atomic E-state index is 0.0165. The largest absolute Gasteiger partial charge is 0.506 e. The second-order valence-corrected chi connectivity index (χ2v) is 5.50. The molecule has 0 radical (unpaired) electrons. The molecule has 1 aromatic carbocycles. The molecule has 1 aliphatic rings. The Balaban J connectivity index is 1.94. The minimum Gasteiger partial charge on any atom is -0.506 e. The lowest BCUT2D eigenvalue weighted by molar-refractivity contribution is 0.0917. The monoisotopic (exact) mass is 286 g/mol. The van der Waals surface area contributed by atoms with Gasteiger partial charge in [0.15, 0.2) is 5.78 Å². The van der Waals surface area contributed by atoms with E-state index in [1.165, 1.54) is 18.6 Å². The zero-order chi connectivity index (χ0) is 14.8. The molecule has 0 amide bonds. The lowest BCUT2D eigenvalue weighted by Crippen LogP contribution is -2.34. The summed E-state index contributed by atoms with van der Waals surface area (Å²) in [6.45, 7) is 2.30.